The van der Waals surface area contributed by atoms with Crippen molar-refractivity contribution < 1.29 is 9.47 Å². The summed E-state index contributed by atoms with van der Waals surface area (Å²) in [5.41, 5.74) is 3.40. The topological polar surface area (TPSA) is 33.7 Å². The zero-order valence-electron chi connectivity index (χ0n) is 14.9. The molecule has 4 nitrogen and oxygen atoms in total. The molecule has 0 unspecified atom stereocenters. The van der Waals surface area contributed by atoms with E-state index in [4.69, 9.17) is 21.7 Å². The fourth-order valence-corrected chi connectivity index (χ4v) is 3.60. The van der Waals surface area contributed by atoms with Crippen LogP contribution in [0.5, 0.6) is 11.5 Å². The number of hydrogen-bond acceptors (Lipinski definition) is 3. The number of aryl methyl sites for hydroxylation is 1. The number of ether oxygens (including phenoxy) is 2. The first-order valence-corrected chi connectivity index (χ1v) is 8.89. The monoisotopic (exact) mass is 356 g/mol. The van der Waals surface area contributed by atoms with E-state index in [1.165, 1.54) is 5.56 Å². The summed E-state index contributed by atoms with van der Waals surface area (Å²) in [4.78, 5) is 2.25. The van der Waals surface area contributed by atoms with Gasteiger partial charge in [-0.05, 0) is 56.2 Å². The Hall–Kier alpha value is -2.27. The van der Waals surface area contributed by atoms with Crippen molar-refractivity contribution in [1.82, 2.24) is 4.90 Å². The SMILES string of the molecule is COc1ccc([C@H]2CCCN2C(=S)Nc2ccc(C)cc2)c(OC)c1. The number of hydrogen-bond donors (Lipinski definition) is 1. The molecule has 5 heteroatoms. The minimum atomic E-state index is 0.214. The second-order valence-corrected chi connectivity index (χ2v) is 6.64. The van der Waals surface area contributed by atoms with Crippen molar-refractivity contribution in [3.05, 3.63) is 53.6 Å². The van der Waals surface area contributed by atoms with Crippen LogP contribution in [0.25, 0.3) is 0 Å². The van der Waals surface area contributed by atoms with Gasteiger partial charge in [-0.25, -0.2) is 0 Å². The molecule has 1 N–H and O–H groups in total. The number of nitrogens with zero attached hydrogens (tertiary/aromatic N) is 1. The molecule has 1 aliphatic rings. The smallest absolute Gasteiger partial charge is 0.173 e. The molecule has 1 atom stereocenters. The van der Waals surface area contributed by atoms with Gasteiger partial charge < -0.3 is 19.7 Å². The van der Waals surface area contributed by atoms with Crippen LogP contribution < -0.4 is 14.8 Å². The van der Waals surface area contributed by atoms with Gasteiger partial charge in [-0.3, -0.25) is 0 Å². The van der Waals surface area contributed by atoms with Crippen molar-refractivity contribution in [1.29, 1.82) is 0 Å². The molecule has 1 fully saturated rings. The van der Waals surface area contributed by atoms with E-state index in [2.05, 4.69) is 47.5 Å². The minimum absolute atomic E-state index is 0.214. The molecule has 132 valence electrons. The summed E-state index contributed by atoms with van der Waals surface area (Å²) in [5.74, 6) is 1.64. The molecule has 1 heterocycles. The number of thiocarbonyl (C=S) groups is 1. The lowest BCUT2D eigenvalue weighted by atomic mass is 10.0. The van der Waals surface area contributed by atoms with E-state index in [1.807, 2.05) is 12.1 Å². The van der Waals surface area contributed by atoms with Crippen molar-refractivity contribution in [3.8, 4) is 11.5 Å². The fourth-order valence-electron chi connectivity index (χ4n) is 3.26. The molecule has 1 aliphatic heterocycles. The third-order valence-corrected chi connectivity index (χ3v) is 4.95. The first-order valence-electron chi connectivity index (χ1n) is 8.48. The number of nitrogens with one attached hydrogen (secondary N) is 1. The summed E-state index contributed by atoms with van der Waals surface area (Å²) in [6.07, 6.45) is 2.16. The molecule has 0 aliphatic carbocycles. The Balaban J connectivity index is 1.80. The van der Waals surface area contributed by atoms with E-state index >= 15 is 0 Å². The first kappa shape index (κ1) is 17.5. The van der Waals surface area contributed by atoms with Crippen molar-refractivity contribution in [3.63, 3.8) is 0 Å². The summed E-state index contributed by atoms with van der Waals surface area (Å²) in [6, 6.07) is 14.5. The second-order valence-electron chi connectivity index (χ2n) is 6.26. The second kappa shape index (κ2) is 7.74. The van der Waals surface area contributed by atoms with E-state index in [-0.39, 0.29) is 6.04 Å². The lowest BCUT2D eigenvalue weighted by Crippen LogP contribution is -2.34. The van der Waals surface area contributed by atoms with Crippen LogP contribution in [0.4, 0.5) is 5.69 Å². The Morgan fingerprint density at radius 2 is 1.88 bits per heavy atom. The minimum Gasteiger partial charge on any atom is -0.497 e. The van der Waals surface area contributed by atoms with E-state index in [9.17, 15) is 0 Å². The molecule has 0 aromatic heterocycles. The summed E-state index contributed by atoms with van der Waals surface area (Å²) in [7, 11) is 3.36. The number of methoxy groups -OCH3 is 2. The molecular weight excluding hydrogens is 332 g/mol. The van der Waals surface area contributed by atoms with E-state index in [0.29, 0.717) is 0 Å². The molecule has 0 saturated carbocycles. The summed E-state index contributed by atoms with van der Waals surface area (Å²) in [5, 5.41) is 4.12. The van der Waals surface area contributed by atoms with Crippen molar-refractivity contribution in [2.24, 2.45) is 0 Å². The number of likely N-dealkylation sites (tertiary alicyclic amines) is 1. The summed E-state index contributed by atoms with van der Waals surface area (Å²) in [6.45, 7) is 3.02. The van der Waals surface area contributed by atoms with Gasteiger partial charge in [0.05, 0.1) is 20.3 Å². The van der Waals surface area contributed by atoms with Crippen LogP contribution in [0.1, 0.15) is 30.0 Å². The Morgan fingerprint density at radius 1 is 1.12 bits per heavy atom. The van der Waals surface area contributed by atoms with Gasteiger partial charge >= 0.3 is 0 Å². The lowest BCUT2D eigenvalue weighted by Gasteiger charge is -2.29. The Bertz CT molecular complexity index is 746. The predicted octanol–water partition coefficient (Wildman–Crippen LogP) is 4.55. The highest BCUT2D eigenvalue weighted by molar-refractivity contribution is 7.80. The average molecular weight is 356 g/mol. The molecule has 2 aromatic rings. The molecule has 0 radical (unpaired) electrons. The summed E-state index contributed by atoms with van der Waals surface area (Å²) >= 11 is 5.68. The van der Waals surface area contributed by atoms with Crippen LogP contribution in [0.3, 0.4) is 0 Å². The third kappa shape index (κ3) is 3.87. The van der Waals surface area contributed by atoms with Crippen molar-refractivity contribution in [2.45, 2.75) is 25.8 Å². The van der Waals surface area contributed by atoms with Gasteiger partial charge in [-0.2, -0.15) is 0 Å². The molecule has 0 amide bonds. The maximum Gasteiger partial charge on any atom is 0.173 e. The van der Waals surface area contributed by atoms with Crippen LogP contribution in [0, 0.1) is 6.92 Å². The maximum absolute atomic E-state index is 5.68. The van der Waals surface area contributed by atoms with Crippen LogP contribution in [0.15, 0.2) is 42.5 Å². The summed E-state index contributed by atoms with van der Waals surface area (Å²) < 4.78 is 10.9. The molecule has 0 spiro atoms. The number of benzene rings is 2. The van der Waals surface area contributed by atoms with Crippen molar-refractivity contribution in [2.75, 3.05) is 26.1 Å². The number of anilines is 1. The van der Waals surface area contributed by atoms with E-state index in [1.54, 1.807) is 14.2 Å². The molecule has 2 aromatic carbocycles. The fraction of sp³-hybridized carbons (Fsp3) is 0.350. The highest BCUT2D eigenvalue weighted by atomic mass is 32.1. The Labute approximate surface area is 154 Å². The molecule has 0 bridgehead atoms. The van der Waals surface area contributed by atoms with Gasteiger partial charge in [-0.15, -0.1) is 0 Å². The standard InChI is InChI=1S/C20H24N2O2S/c1-14-6-8-15(9-7-14)21-20(25)22-12-4-5-18(22)17-11-10-16(23-2)13-19(17)24-3/h6-11,13,18H,4-5,12H2,1-3H3,(H,21,25)/t18-/m1/s1. The predicted molar refractivity (Wildman–Crippen MR) is 106 cm³/mol. The third-order valence-electron chi connectivity index (χ3n) is 4.62. The van der Waals surface area contributed by atoms with Crippen LogP contribution in [-0.4, -0.2) is 30.8 Å². The average Bonchev–Trinajstić information content (AvgIpc) is 3.12. The zero-order valence-corrected chi connectivity index (χ0v) is 15.7. The first-order chi connectivity index (χ1) is 12.1. The van der Waals surface area contributed by atoms with Gasteiger partial charge in [0.1, 0.15) is 11.5 Å². The quantitative estimate of drug-likeness (QED) is 0.813. The van der Waals surface area contributed by atoms with Crippen molar-refractivity contribution >= 4 is 23.0 Å². The molecule has 25 heavy (non-hydrogen) atoms. The van der Waals surface area contributed by atoms with E-state index < -0.39 is 0 Å². The highest BCUT2D eigenvalue weighted by Crippen LogP contribution is 2.39. The Morgan fingerprint density at radius 3 is 2.56 bits per heavy atom. The normalized spacial score (nSPS) is 16.6. The largest absolute Gasteiger partial charge is 0.497 e. The maximum atomic E-state index is 5.68. The van der Waals surface area contributed by atoms with Crippen LogP contribution in [0.2, 0.25) is 0 Å². The zero-order chi connectivity index (χ0) is 17.8. The van der Waals surface area contributed by atoms with Crippen LogP contribution >= 0.6 is 12.2 Å². The molecule has 1 saturated heterocycles. The molecule has 3 rings (SSSR count). The van der Waals surface area contributed by atoms with E-state index in [0.717, 1.165) is 47.2 Å². The lowest BCUT2D eigenvalue weighted by molar-refractivity contribution is 0.362. The van der Waals surface area contributed by atoms with Gasteiger partial charge in [0.2, 0.25) is 0 Å². The van der Waals surface area contributed by atoms with Gasteiger partial charge in [-0.1, -0.05) is 17.7 Å². The van der Waals surface area contributed by atoms with Gasteiger partial charge in [0, 0.05) is 23.9 Å². The molecular formula is C20H24N2O2S. The van der Waals surface area contributed by atoms with Gasteiger partial charge in [0.25, 0.3) is 0 Å². The number of rotatable bonds is 4. The Kier molecular flexibility index (Phi) is 5.43. The van der Waals surface area contributed by atoms with Gasteiger partial charge in [0.15, 0.2) is 5.11 Å². The highest BCUT2D eigenvalue weighted by Gasteiger charge is 2.30. The van der Waals surface area contributed by atoms with Crippen LogP contribution in [-0.2, 0) is 0 Å².